The molecule has 0 saturated carbocycles. The Labute approximate surface area is 152 Å². The van der Waals surface area contributed by atoms with Crippen molar-refractivity contribution in [2.24, 2.45) is 0 Å². The molecule has 1 heterocycles. The van der Waals surface area contributed by atoms with Gasteiger partial charge in [0.05, 0.1) is 24.3 Å². The molecule has 0 saturated heterocycles. The molecule has 0 aliphatic heterocycles. The Morgan fingerprint density at radius 1 is 1.19 bits per heavy atom. The molecule has 0 aliphatic rings. The number of amides is 1. The molecule has 0 fully saturated rings. The van der Waals surface area contributed by atoms with Crippen molar-refractivity contribution < 1.29 is 14.3 Å². The van der Waals surface area contributed by atoms with E-state index in [-0.39, 0.29) is 24.0 Å². The molecule has 0 radical (unpaired) electrons. The first-order valence-corrected chi connectivity index (χ1v) is 8.81. The number of hydrogen-bond acceptors (Lipinski definition) is 5. The first-order chi connectivity index (χ1) is 12.5. The lowest BCUT2D eigenvalue weighted by molar-refractivity contribution is -0.140. The number of hydrogen-bond donors (Lipinski definition) is 1. The zero-order chi connectivity index (χ0) is 18.9. The van der Waals surface area contributed by atoms with E-state index in [9.17, 15) is 14.4 Å². The number of nitrogens with one attached hydrogen (secondary N) is 1. The summed E-state index contributed by atoms with van der Waals surface area (Å²) in [5.74, 6) is -0.404. The quantitative estimate of drug-likeness (QED) is 0.546. The number of esters is 1. The van der Waals surface area contributed by atoms with Crippen molar-refractivity contribution in [1.82, 2.24) is 14.9 Å². The third-order valence-corrected chi connectivity index (χ3v) is 4.23. The number of para-hydroxylation sites is 1. The molecule has 1 amide bonds. The summed E-state index contributed by atoms with van der Waals surface area (Å²) in [5.41, 5.74) is 1.39. The van der Waals surface area contributed by atoms with Gasteiger partial charge in [0.2, 0.25) is 5.91 Å². The molecular weight excluding hydrogens is 334 g/mol. The number of unbranched alkanes of at least 4 members (excludes halogenated alkanes) is 3. The monoisotopic (exact) mass is 359 g/mol. The molecule has 1 N–H and O–H groups in total. The number of fused-ring (bicyclic) bond motifs is 1. The average Bonchev–Trinajstić information content (AvgIpc) is 2.63. The minimum atomic E-state index is -0.213. The van der Waals surface area contributed by atoms with E-state index in [1.165, 1.54) is 18.0 Å². The molecule has 2 rings (SSSR count). The van der Waals surface area contributed by atoms with Crippen LogP contribution in [0.15, 0.2) is 29.3 Å². The van der Waals surface area contributed by atoms with Gasteiger partial charge >= 0.3 is 5.97 Å². The molecular formula is C19H25N3O4. The summed E-state index contributed by atoms with van der Waals surface area (Å²) in [6, 6.07) is 5.43. The van der Waals surface area contributed by atoms with E-state index >= 15 is 0 Å². The molecule has 0 atom stereocenters. The van der Waals surface area contributed by atoms with E-state index in [1.54, 1.807) is 6.07 Å². The first-order valence-electron chi connectivity index (χ1n) is 8.81. The average molecular weight is 359 g/mol. The first kappa shape index (κ1) is 19.6. The second-order valence-electron chi connectivity index (χ2n) is 6.24. The standard InChI is InChI=1S/C19H25N3O4/c1-14-8-7-9-15-18(14)21-13-22(19(15)25)12-16(23)20-11-6-4-3-5-10-17(24)26-2/h7-9,13H,3-6,10-12H2,1-2H3,(H,20,23). The van der Waals surface area contributed by atoms with Crippen LogP contribution >= 0.6 is 0 Å². The van der Waals surface area contributed by atoms with Gasteiger partial charge in [-0.25, -0.2) is 4.98 Å². The smallest absolute Gasteiger partial charge is 0.305 e. The van der Waals surface area contributed by atoms with E-state index in [4.69, 9.17) is 0 Å². The van der Waals surface area contributed by atoms with Gasteiger partial charge in [-0.15, -0.1) is 0 Å². The number of benzene rings is 1. The molecule has 7 nitrogen and oxygen atoms in total. The van der Waals surface area contributed by atoms with Crippen LogP contribution in [0, 0.1) is 6.92 Å². The van der Waals surface area contributed by atoms with Crippen molar-refractivity contribution in [3.05, 3.63) is 40.4 Å². The Bertz CT molecular complexity index is 829. The number of rotatable bonds is 9. The van der Waals surface area contributed by atoms with E-state index in [0.717, 1.165) is 31.2 Å². The predicted molar refractivity (Wildman–Crippen MR) is 98.9 cm³/mol. The van der Waals surface area contributed by atoms with Gasteiger partial charge in [-0.3, -0.25) is 19.0 Å². The fourth-order valence-electron chi connectivity index (χ4n) is 2.74. The minimum absolute atomic E-state index is 0.0436. The largest absolute Gasteiger partial charge is 0.469 e. The predicted octanol–water partition coefficient (Wildman–Crippen LogP) is 1.94. The molecule has 1 aromatic heterocycles. The highest BCUT2D eigenvalue weighted by Gasteiger charge is 2.09. The highest BCUT2D eigenvalue weighted by molar-refractivity contribution is 5.81. The van der Waals surface area contributed by atoms with E-state index in [0.29, 0.717) is 23.9 Å². The van der Waals surface area contributed by atoms with Crippen LogP contribution in [-0.2, 0) is 20.9 Å². The molecule has 140 valence electrons. The highest BCUT2D eigenvalue weighted by atomic mass is 16.5. The Kier molecular flexibility index (Phi) is 7.32. The van der Waals surface area contributed by atoms with Crippen molar-refractivity contribution in [3.63, 3.8) is 0 Å². The Hall–Kier alpha value is -2.70. The van der Waals surface area contributed by atoms with Gasteiger partial charge in [0.1, 0.15) is 6.54 Å². The maximum atomic E-state index is 12.4. The van der Waals surface area contributed by atoms with Crippen molar-refractivity contribution in [1.29, 1.82) is 0 Å². The summed E-state index contributed by atoms with van der Waals surface area (Å²) in [4.78, 5) is 39.7. The van der Waals surface area contributed by atoms with E-state index in [2.05, 4.69) is 15.0 Å². The normalized spacial score (nSPS) is 10.7. The summed E-state index contributed by atoms with van der Waals surface area (Å²) in [6.45, 7) is 2.40. The summed E-state index contributed by atoms with van der Waals surface area (Å²) in [5, 5.41) is 3.33. The number of aryl methyl sites for hydroxylation is 1. The van der Waals surface area contributed by atoms with Crippen LogP contribution in [0.5, 0.6) is 0 Å². The van der Waals surface area contributed by atoms with Crippen molar-refractivity contribution in [2.75, 3.05) is 13.7 Å². The number of carbonyl (C=O) groups is 2. The zero-order valence-electron chi connectivity index (χ0n) is 15.3. The van der Waals surface area contributed by atoms with Gasteiger partial charge in [0, 0.05) is 13.0 Å². The van der Waals surface area contributed by atoms with Gasteiger partial charge in [0.15, 0.2) is 0 Å². The molecule has 26 heavy (non-hydrogen) atoms. The SMILES string of the molecule is COC(=O)CCCCCCNC(=O)Cn1cnc2c(C)cccc2c1=O. The van der Waals surface area contributed by atoms with Crippen LogP contribution in [0.3, 0.4) is 0 Å². The molecule has 0 bridgehead atoms. The molecule has 1 aromatic carbocycles. The lowest BCUT2D eigenvalue weighted by atomic mass is 10.1. The number of aromatic nitrogens is 2. The maximum absolute atomic E-state index is 12.4. The topological polar surface area (TPSA) is 90.3 Å². The summed E-state index contributed by atoms with van der Waals surface area (Å²) < 4.78 is 5.91. The highest BCUT2D eigenvalue weighted by Crippen LogP contribution is 2.11. The van der Waals surface area contributed by atoms with Crippen LogP contribution in [-0.4, -0.2) is 35.1 Å². The third-order valence-electron chi connectivity index (χ3n) is 4.23. The second kappa shape index (κ2) is 9.70. The van der Waals surface area contributed by atoms with Gasteiger partial charge in [0.25, 0.3) is 5.56 Å². The Balaban J connectivity index is 1.76. The Morgan fingerprint density at radius 3 is 2.73 bits per heavy atom. The van der Waals surface area contributed by atoms with Crippen molar-refractivity contribution in [3.8, 4) is 0 Å². The van der Waals surface area contributed by atoms with Crippen LogP contribution in [0.4, 0.5) is 0 Å². The fourth-order valence-corrected chi connectivity index (χ4v) is 2.74. The molecule has 2 aromatic rings. The van der Waals surface area contributed by atoms with Crippen LogP contribution in [0.25, 0.3) is 10.9 Å². The lowest BCUT2D eigenvalue weighted by Gasteiger charge is -2.08. The number of methoxy groups -OCH3 is 1. The number of nitrogens with zero attached hydrogens (tertiary/aromatic N) is 2. The fraction of sp³-hybridized carbons (Fsp3) is 0.474. The summed E-state index contributed by atoms with van der Waals surface area (Å²) in [7, 11) is 1.38. The minimum Gasteiger partial charge on any atom is -0.469 e. The van der Waals surface area contributed by atoms with E-state index in [1.807, 2.05) is 19.1 Å². The van der Waals surface area contributed by atoms with Crippen molar-refractivity contribution in [2.45, 2.75) is 45.6 Å². The van der Waals surface area contributed by atoms with Crippen molar-refractivity contribution >= 4 is 22.8 Å². The number of ether oxygens (including phenoxy) is 1. The third kappa shape index (κ3) is 5.40. The van der Waals surface area contributed by atoms with Gasteiger partial charge in [-0.2, -0.15) is 0 Å². The summed E-state index contributed by atoms with van der Waals surface area (Å²) in [6.07, 6.45) is 5.31. The maximum Gasteiger partial charge on any atom is 0.305 e. The van der Waals surface area contributed by atoms with Crippen LogP contribution < -0.4 is 10.9 Å². The van der Waals surface area contributed by atoms with Gasteiger partial charge in [-0.1, -0.05) is 25.0 Å². The molecule has 0 unspecified atom stereocenters. The molecule has 0 aliphatic carbocycles. The second-order valence-corrected chi connectivity index (χ2v) is 6.24. The lowest BCUT2D eigenvalue weighted by Crippen LogP contribution is -2.33. The summed E-state index contributed by atoms with van der Waals surface area (Å²) >= 11 is 0. The molecule has 7 heteroatoms. The van der Waals surface area contributed by atoms with Crippen LogP contribution in [0.1, 0.15) is 37.7 Å². The number of carbonyl (C=O) groups excluding carboxylic acids is 2. The molecule has 0 spiro atoms. The van der Waals surface area contributed by atoms with E-state index < -0.39 is 0 Å². The zero-order valence-corrected chi connectivity index (χ0v) is 15.3. The Morgan fingerprint density at radius 2 is 1.96 bits per heavy atom. The van der Waals surface area contributed by atoms with Gasteiger partial charge < -0.3 is 10.1 Å². The van der Waals surface area contributed by atoms with Crippen LogP contribution in [0.2, 0.25) is 0 Å². The van der Waals surface area contributed by atoms with Gasteiger partial charge in [-0.05, 0) is 31.4 Å².